The number of amides is 2. The first-order chi connectivity index (χ1) is 26.9. The van der Waals surface area contributed by atoms with Crippen molar-refractivity contribution in [3.63, 3.8) is 0 Å². The van der Waals surface area contributed by atoms with Gasteiger partial charge in [-0.3, -0.25) is 14.4 Å². The topological polar surface area (TPSA) is 153 Å². The second-order valence-electron chi connectivity index (χ2n) is 12.8. The van der Waals surface area contributed by atoms with Crippen LogP contribution in [0.5, 0.6) is 5.75 Å². The number of nitrogens with one attached hydrogen (secondary N) is 1. The summed E-state index contributed by atoms with van der Waals surface area (Å²) in [4.78, 5) is 49.8. The number of pyridine rings is 1. The Morgan fingerprint density at radius 3 is 2.47 bits per heavy atom. The molecule has 1 saturated heterocycles. The van der Waals surface area contributed by atoms with Gasteiger partial charge in [-0.15, -0.1) is 5.10 Å². The van der Waals surface area contributed by atoms with E-state index in [0.29, 0.717) is 57.1 Å². The van der Waals surface area contributed by atoms with E-state index in [-0.39, 0.29) is 34.0 Å². The van der Waals surface area contributed by atoms with E-state index in [1.807, 2.05) is 6.08 Å². The van der Waals surface area contributed by atoms with Gasteiger partial charge in [-0.25, -0.2) is 4.98 Å². The number of aromatic nitrogens is 5. The maximum Gasteiger partial charge on any atom is 0.416 e. The maximum atomic E-state index is 13.4. The highest BCUT2D eigenvalue weighted by Crippen LogP contribution is 2.34. The molecule has 1 unspecified atom stereocenters. The van der Waals surface area contributed by atoms with Crippen molar-refractivity contribution in [2.75, 3.05) is 31.6 Å². The van der Waals surface area contributed by atoms with Crippen LogP contribution < -0.4 is 10.9 Å². The van der Waals surface area contributed by atoms with Crippen molar-refractivity contribution < 1.29 is 50.5 Å². The van der Waals surface area contributed by atoms with Crippen molar-refractivity contribution >= 4 is 52.1 Å². The Labute approximate surface area is 330 Å². The lowest BCUT2D eigenvalue weighted by Crippen LogP contribution is -2.41. The number of hydrogen-bond donors (Lipinski definition) is 2. The molecule has 57 heavy (non-hydrogen) atoms. The van der Waals surface area contributed by atoms with Crippen LogP contribution in [0.4, 0.5) is 32.0 Å². The van der Waals surface area contributed by atoms with Gasteiger partial charge >= 0.3 is 12.4 Å². The van der Waals surface area contributed by atoms with Gasteiger partial charge in [-0.05, 0) is 62.1 Å². The van der Waals surface area contributed by atoms with Crippen LogP contribution in [0.3, 0.4) is 0 Å². The molecule has 1 fully saturated rings. The average Bonchev–Trinajstić information content (AvgIpc) is 3.63. The second kappa shape index (κ2) is 18.5. The smallest absolute Gasteiger partial charge is 0.416 e. The molecule has 0 bridgehead atoms. The molecule has 21 heteroatoms. The number of benzene rings is 1. The van der Waals surface area contributed by atoms with E-state index >= 15 is 0 Å². The molecule has 0 radical (unpaired) electrons. The predicted octanol–water partition coefficient (Wildman–Crippen LogP) is 7.18. The molecular formula is C36H35Cl2F6N7O6. The van der Waals surface area contributed by atoms with Crippen molar-refractivity contribution in [3.8, 4) is 5.75 Å². The second-order valence-corrected chi connectivity index (χ2v) is 13.4. The summed E-state index contributed by atoms with van der Waals surface area (Å²) in [6, 6.07) is 6.82. The summed E-state index contributed by atoms with van der Waals surface area (Å²) in [5, 5.41) is 16.7. The molecule has 13 nitrogen and oxygen atoms in total. The zero-order valence-corrected chi connectivity index (χ0v) is 31.5. The van der Waals surface area contributed by atoms with Crippen molar-refractivity contribution in [1.29, 1.82) is 0 Å². The van der Waals surface area contributed by atoms with Gasteiger partial charge in [0.25, 0.3) is 11.5 Å². The number of carbonyl (C=O) groups is 2. The SMILES string of the molecule is CC(OC1CCN(C(=O)c2ncccc2O)CC1)c1cc(=O)n2nc(C3=CCOCC3)nc2n1CC(=O)Nc1ccc(C(F)(F)F)cc1Cl.FC(F)(F)C/C=C/Cl. The Morgan fingerprint density at radius 1 is 1.14 bits per heavy atom. The van der Waals surface area contributed by atoms with Crippen LogP contribution in [0.25, 0.3) is 11.4 Å². The summed E-state index contributed by atoms with van der Waals surface area (Å²) in [5.74, 6) is -0.903. The van der Waals surface area contributed by atoms with E-state index in [1.165, 1.54) is 29.0 Å². The fraction of sp³-hybridized carbons (Fsp3) is 0.389. The van der Waals surface area contributed by atoms with E-state index in [0.717, 1.165) is 39.9 Å². The molecule has 4 aromatic rings. The van der Waals surface area contributed by atoms with E-state index < -0.39 is 54.4 Å². The fourth-order valence-corrected chi connectivity index (χ4v) is 6.26. The lowest BCUT2D eigenvalue weighted by Gasteiger charge is -2.33. The number of carbonyl (C=O) groups excluding carboxylic acids is 2. The molecule has 6 rings (SSSR count). The van der Waals surface area contributed by atoms with Crippen LogP contribution in [0.15, 0.2) is 65.1 Å². The van der Waals surface area contributed by atoms with Crippen LogP contribution in [0, 0.1) is 0 Å². The molecule has 1 atom stereocenters. The molecule has 3 aromatic heterocycles. The van der Waals surface area contributed by atoms with Crippen LogP contribution in [-0.4, -0.2) is 84.6 Å². The number of anilines is 1. The van der Waals surface area contributed by atoms with Crippen LogP contribution in [0.2, 0.25) is 5.02 Å². The van der Waals surface area contributed by atoms with Crippen LogP contribution >= 0.6 is 23.2 Å². The fourth-order valence-electron chi connectivity index (χ4n) is 5.94. The number of alkyl halides is 6. The molecule has 306 valence electrons. The standard InChI is InChI=1S/C32H31ClF3N7O6.C4H4ClF3/c1-18(49-21-6-11-41(12-7-21)30(47)28-25(44)3-2-10-37-28)24-16-27(46)43-31(39-29(40-43)19-8-13-48-14-9-19)42(24)17-26(45)38-23-5-4-20(15-22(23)33)32(34,35)36;5-3-1-2-4(6,7)8/h2-5,8,10,15-16,18,21,44H,6-7,9,11-14,17H2,1H3,(H,38,45);1,3H,2H2/b;3-1+. The number of fused-ring (bicyclic) bond motifs is 1. The summed E-state index contributed by atoms with van der Waals surface area (Å²) < 4.78 is 87.1. The quantitative estimate of drug-likeness (QED) is 0.167. The number of rotatable bonds is 9. The summed E-state index contributed by atoms with van der Waals surface area (Å²) in [7, 11) is 0. The molecule has 2 N–H and O–H groups in total. The number of allylic oxidation sites excluding steroid dienone is 1. The zero-order valence-electron chi connectivity index (χ0n) is 30.0. The first-order valence-electron chi connectivity index (χ1n) is 17.3. The van der Waals surface area contributed by atoms with Crippen LogP contribution in [-0.2, 0) is 27.0 Å². The number of halogens is 8. The van der Waals surface area contributed by atoms with Gasteiger partial charge < -0.3 is 29.4 Å². The van der Waals surface area contributed by atoms with E-state index in [9.17, 15) is 45.8 Å². The number of piperidine rings is 1. The third kappa shape index (κ3) is 11.3. The third-order valence-corrected chi connectivity index (χ3v) is 9.21. The Kier molecular flexibility index (Phi) is 14.0. The Bertz CT molecular complexity index is 2200. The Balaban J connectivity index is 0.000000701. The minimum atomic E-state index is -4.61. The molecule has 2 amide bonds. The maximum absolute atomic E-state index is 13.4. The highest BCUT2D eigenvalue weighted by molar-refractivity contribution is 6.33. The lowest BCUT2D eigenvalue weighted by molar-refractivity contribution is -0.137. The highest BCUT2D eigenvalue weighted by Gasteiger charge is 2.32. The first-order valence-corrected chi connectivity index (χ1v) is 18.1. The molecule has 2 aliphatic heterocycles. The Hall–Kier alpha value is -4.98. The van der Waals surface area contributed by atoms with Gasteiger partial charge in [0.05, 0.1) is 53.8 Å². The molecule has 0 aliphatic carbocycles. The zero-order chi connectivity index (χ0) is 41.5. The monoisotopic (exact) mass is 845 g/mol. The van der Waals surface area contributed by atoms with Crippen LogP contribution in [0.1, 0.15) is 66.3 Å². The minimum Gasteiger partial charge on any atom is -0.505 e. The summed E-state index contributed by atoms with van der Waals surface area (Å²) in [6.07, 6.45) is -5.23. The molecule has 5 heterocycles. The number of likely N-dealkylation sites (tertiary alicyclic amines) is 1. The van der Waals surface area contributed by atoms with Gasteiger partial charge in [0.1, 0.15) is 12.3 Å². The summed E-state index contributed by atoms with van der Waals surface area (Å²) in [6.45, 7) is 2.78. The van der Waals surface area contributed by atoms with Gasteiger partial charge in [-0.1, -0.05) is 35.4 Å². The molecule has 1 aromatic carbocycles. The summed E-state index contributed by atoms with van der Waals surface area (Å²) in [5.41, 5.74) is 0.397. The molecule has 0 spiro atoms. The van der Waals surface area contributed by atoms with Crippen molar-refractivity contribution in [1.82, 2.24) is 29.0 Å². The molecule has 2 aliphatic rings. The molecule has 0 saturated carbocycles. The van der Waals surface area contributed by atoms with Crippen molar-refractivity contribution in [2.45, 2.75) is 63.7 Å². The molecular weight excluding hydrogens is 811 g/mol. The number of aromatic hydroxyl groups is 1. The van der Waals surface area contributed by atoms with Gasteiger partial charge in [0.15, 0.2) is 11.5 Å². The largest absolute Gasteiger partial charge is 0.505 e. The first kappa shape index (κ1) is 43.1. The highest BCUT2D eigenvalue weighted by atomic mass is 35.5. The van der Waals surface area contributed by atoms with Gasteiger partial charge in [-0.2, -0.15) is 35.8 Å². The van der Waals surface area contributed by atoms with Crippen molar-refractivity contribution in [2.24, 2.45) is 0 Å². The normalized spacial score (nSPS) is 15.9. The van der Waals surface area contributed by atoms with Gasteiger partial charge in [0, 0.05) is 30.9 Å². The van der Waals surface area contributed by atoms with E-state index in [2.05, 4.69) is 20.4 Å². The lowest BCUT2D eigenvalue weighted by atomic mass is 10.1. The average molecular weight is 847 g/mol. The predicted molar refractivity (Wildman–Crippen MR) is 196 cm³/mol. The minimum absolute atomic E-state index is 0.0302. The Morgan fingerprint density at radius 2 is 1.88 bits per heavy atom. The number of ether oxygens (including phenoxy) is 2. The van der Waals surface area contributed by atoms with Crippen molar-refractivity contribution in [3.05, 3.63) is 98.4 Å². The third-order valence-electron chi connectivity index (χ3n) is 8.72. The number of hydrogen-bond acceptors (Lipinski definition) is 9. The number of nitrogens with zero attached hydrogens (tertiary/aromatic N) is 6. The van der Waals surface area contributed by atoms with E-state index in [4.69, 9.17) is 32.7 Å². The van der Waals surface area contributed by atoms with Gasteiger partial charge in [0.2, 0.25) is 11.7 Å². The van der Waals surface area contributed by atoms with E-state index in [1.54, 1.807) is 11.8 Å². The summed E-state index contributed by atoms with van der Waals surface area (Å²) >= 11 is 10.9.